The predicted molar refractivity (Wildman–Crippen MR) is 54.9 cm³/mol. The third-order valence-corrected chi connectivity index (χ3v) is 1.91. The molecule has 5 heteroatoms. The van der Waals surface area contributed by atoms with Gasteiger partial charge < -0.3 is 11.5 Å². The van der Waals surface area contributed by atoms with Crippen molar-refractivity contribution in [1.82, 2.24) is 0 Å². The Balaban J connectivity index is 3.07. The van der Waals surface area contributed by atoms with E-state index in [1.54, 1.807) is 12.1 Å². The zero-order chi connectivity index (χ0) is 10.7. The van der Waals surface area contributed by atoms with Gasteiger partial charge in [0, 0.05) is 12.1 Å². The number of anilines is 1. The molecule has 1 rings (SSSR count). The molecule has 76 valence electrons. The van der Waals surface area contributed by atoms with Crippen LogP contribution in [0.5, 0.6) is 0 Å². The van der Waals surface area contributed by atoms with E-state index in [0.717, 1.165) is 5.56 Å². The molecule has 1 atom stereocenters. The molecule has 0 aliphatic carbocycles. The normalized spacial score (nSPS) is 12.4. The van der Waals surface area contributed by atoms with Crippen molar-refractivity contribution in [3.8, 4) is 0 Å². The van der Waals surface area contributed by atoms with Gasteiger partial charge >= 0.3 is 0 Å². The summed E-state index contributed by atoms with van der Waals surface area (Å²) in [7, 11) is 0. The van der Waals surface area contributed by atoms with Gasteiger partial charge in [-0.1, -0.05) is 12.1 Å². The van der Waals surface area contributed by atoms with E-state index in [2.05, 4.69) is 0 Å². The highest BCUT2D eigenvalue weighted by molar-refractivity contribution is 5.63. The lowest BCUT2D eigenvalue weighted by atomic mass is 10.0. The van der Waals surface area contributed by atoms with Crippen molar-refractivity contribution in [3.63, 3.8) is 0 Å². The quantitative estimate of drug-likeness (QED) is 0.428. The summed E-state index contributed by atoms with van der Waals surface area (Å²) in [5.41, 5.74) is 12.1. The van der Waals surface area contributed by atoms with Crippen LogP contribution in [0.3, 0.4) is 0 Å². The molecule has 14 heavy (non-hydrogen) atoms. The summed E-state index contributed by atoms with van der Waals surface area (Å²) in [5.74, 6) is 0. The van der Waals surface area contributed by atoms with Crippen molar-refractivity contribution in [1.29, 1.82) is 0 Å². The standard InChI is InChI=1S/C9H13N3O2/c1-6(10)5-7-3-2-4-8(9(7)11)12(13)14/h2-4,6H,5,10-11H2,1H3. The number of nitrogens with two attached hydrogens (primary N) is 2. The molecule has 0 saturated heterocycles. The largest absolute Gasteiger partial charge is 0.393 e. The van der Waals surface area contributed by atoms with Crippen molar-refractivity contribution in [3.05, 3.63) is 33.9 Å². The summed E-state index contributed by atoms with van der Waals surface area (Å²) in [6, 6.07) is 4.71. The lowest BCUT2D eigenvalue weighted by molar-refractivity contribution is -0.383. The van der Waals surface area contributed by atoms with E-state index in [9.17, 15) is 10.1 Å². The average Bonchev–Trinajstić information content (AvgIpc) is 2.07. The summed E-state index contributed by atoms with van der Waals surface area (Å²) in [4.78, 5) is 10.1. The monoisotopic (exact) mass is 195 g/mol. The van der Waals surface area contributed by atoms with Crippen LogP contribution in [0.25, 0.3) is 0 Å². The molecule has 0 aromatic heterocycles. The second-order valence-electron chi connectivity index (χ2n) is 3.29. The van der Waals surface area contributed by atoms with Gasteiger partial charge in [-0.15, -0.1) is 0 Å². The topological polar surface area (TPSA) is 95.2 Å². The fourth-order valence-electron chi connectivity index (χ4n) is 1.28. The number of nitro groups is 1. The van der Waals surface area contributed by atoms with Crippen LogP contribution in [0.1, 0.15) is 12.5 Å². The second-order valence-corrected chi connectivity index (χ2v) is 3.29. The van der Waals surface area contributed by atoms with E-state index in [0.29, 0.717) is 6.42 Å². The molecule has 0 bridgehead atoms. The number of nitrogens with zero attached hydrogens (tertiary/aromatic N) is 1. The molecule has 0 aliphatic rings. The molecular weight excluding hydrogens is 182 g/mol. The van der Waals surface area contributed by atoms with Crippen molar-refractivity contribution in [2.45, 2.75) is 19.4 Å². The van der Waals surface area contributed by atoms with Gasteiger partial charge in [-0.3, -0.25) is 10.1 Å². The maximum Gasteiger partial charge on any atom is 0.292 e. The molecule has 0 aliphatic heterocycles. The Morgan fingerprint density at radius 3 is 2.71 bits per heavy atom. The van der Waals surface area contributed by atoms with Crippen LogP contribution in [-0.4, -0.2) is 11.0 Å². The Kier molecular flexibility index (Phi) is 3.03. The lowest BCUT2D eigenvalue weighted by Gasteiger charge is -2.07. The number of benzene rings is 1. The molecule has 0 fully saturated rings. The molecule has 0 saturated carbocycles. The molecule has 1 aromatic carbocycles. The molecule has 0 radical (unpaired) electrons. The van der Waals surface area contributed by atoms with Crippen LogP contribution in [-0.2, 0) is 6.42 Å². The molecular formula is C9H13N3O2. The average molecular weight is 195 g/mol. The fraction of sp³-hybridized carbons (Fsp3) is 0.333. The van der Waals surface area contributed by atoms with Gasteiger partial charge in [-0.25, -0.2) is 0 Å². The van der Waals surface area contributed by atoms with Crippen molar-refractivity contribution >= 4 is 11.4 Å². The van der Waals surface area contributed by atoms with Gasteiger partial charge in [0.2, 0.25) is 0 Å². The third kappa shape index (κ3) is 2.20. The SMILES string of the molecule is CC(N)Cc1cccc([N+](=O)[O-])c1N. The van der Waals surface area contributed by atoms with E-state index in [4.69, 9.17) is 11.5 Å². The number of para-hydroxylation sites is 1. The Bertz CT molecular complexity index is 350. The number of hydrogen-bond donors (Lipinski definition) is 2. The summed E-state index contributed by atoms with van der Waals surface area (Å²) >= 11 is 0. The highest BCUT2D eigenvalue weighted by Gasteiger charge is 2.14. The molecule has 0 heterocycles. The summed E-state index contributed by atoms with van der Waals surface area (Å²) in [5, 5.41) is 10.6. The van der Waals surface area contributed by atoms with Crippen LogP contribution in [0.15, 0.2) is 18.2 Å². The van der Waals surface area contributed by atoms with Crippen molar-refractivity contribution in [2.24, 2.45) is 5.73 Å². The molecule has 4 N–H and O–H groups in total. The van der Waals surface area contributed by atoms with Gasteiger partial charge in [0.05, 0.1) is 4.92 Å². The van der Waals surface area contributed by atoms with E-state index in [1.165, 1.54) is 6.07 Å². The van der Waals surface area contributed by atoms with E-state index in [1.807, 2.05) is 6.92 Å². The van der Waals surface area contributed by atoms with Gasteiger partial charge in [-0.2, -0.15) is 0 Å². The van der Waals surface area contributed by atoms with E-state index >= 15 is 0 Å². The minimum absolute atomic E-state index is 0.0526. The van der Waals surface area contributed by atoms with Crippen molar-refractivity contribution < 1.29 is 4.92 Å². The summed E-state index contributed by atoms with van der Waals surface area (Å²) in [6.45, 7) is 1.83. The first kappa shape index (κ1) is 10.5. The Hall–Kier alpha value is -1.62. The Morgan fingerprint density at radius 1 is 1.57 bits per heavy atom. The van der Waals surface area contributed by atoms with Crippen LogP contribution < -0.4 is 11.5 Å². The lowest BCUT2D eigenvalue weighted by Crippen LogP contribution is -2.18. The van der Waals surface area contributed by atoms with E-state index in [-0.39, 0.29) is 17.4 Å². The smallest absolute Gasteiger partial charge is 0.292 e. The molecule has 0 amide bonds. The molecule has 0 spiro atoms. The van der Waals surface area contributed by atoms with Crippen molar-refractivity contribution in [2.75, 3.05) is 5.73 Å². The minimum atomic E-state index is -0.486. The fourth-order valence-corrected chi connectivity index (χ4v) is 1.28. The number of hydrogen-bond acceptors (Lipinski definition) is 4. The number of nitro benzene ring substituents is 1. The highest BCUT2D eigenvalue weighted by Crippen LogP contribution is 2.25. The zero-order valence-corrected chi connectivity index (χ0v) is 7.93. The molecule has 1 aromatic rings. The Labute approximate surface area is 81.9 Å². The third-order valence-electron chi connectivity index (χ3n) is 1.91. The van der Waals surface area contributed by atoms with Gasteiger partial charge in [-0.05, 0) is 18.9 Å². The number of nitrogen functional groups attached to an aromatic ring is 1. The first-order chi connectivity index (χ1) is 6.52. The summed E-state index contributed by atoms with van der Waals surface area (Å²) in [6.07, 6.45) is 0.549. The van der Waals surface area contributed by atoms with Crippen LogP contribution in [0.2, 0.25) is 0 Å². The summed E-state index contributed by atoms with van der Waals surface area (Å²) < 4.78 is 0. The minimum Gasteiger partial charge on any atom is -0.393 e. The first-order valence-corrected chi connectivity index (χ1v) is 4.29. The Morgan fingerprint density at radius 2 is 2.21 bits per heavy atom. The predicted octanol–water partition coefficient (Wildman–Crippen LogP) is 1.07. The van der Waals surface area contributed by atoms with Crippen LogP contribution >= 0.6 is 0 Å². The molecule has 1 unspecified atom stereocenters. The maximum absolute atomic E-state index is 10.6. The van der Waals surface area contributed by atoms with Crippen LogP contribution in [0.4, 0.5) is 11.4 Å². The first-order valence-electron chi connectivity index (χ1n) is 4.29. The molecule has 5 nitrogen and oxygen atoms in total. The van der Waals surface area contributed by atoms with Gasteiger partial charge in [0.15, 0.2) is 0 Å². The van der Waals surface area contributed by atoms with Gasteiger partial charge in [0.1, 0.15) is 5.69 Å². The maximum atomic E-state index is 10.6. The van der Waals surface area contributed by atoms with Crippen LogP contribution in [0, 0.1) is 10.1 Å². The zero-order valence-electron chi connectivity index (χ0n) is 7.93. The van der Waals surface area contributed by atoms with Gasteiger partial charge in [0.25, 0.3) is 5.69 Å². The second kappa shape index (κ2) is 4.06. The van der Waals surface area contributed by atoms with E-state index < -0.39 is 4.92 Å². The number of rotatable bonds is 3. The highest BCUT2D eigenvalue weighted by atomic mass is 16.6.